The molecule has 2 aliphatic heterocycles. The maximum atomic E-state index is 12.9. The molecule has 0 aromatic heterocycles. The van der Waals surface area contributed by atoms with Crippen molar-refractivity contribution < 1.29 is 14.3 Å². The van der Waals surface area contributed by atoms with Crippen LogP contribution < -0.4 is 10.5 Å². The molecular formula is C17H25ClN2O3. The number of benzene rings is 1. The number of carbonyl (C=O) groups excluding carboxylic acids is 1. The van der Waals surface area contributed by atoms with Gasteiger partial charge in [0, 0.05) is 26.2 Å². The van der Waals surface area contributed by atoms with Gasteiger partial charge >= 0.3 is 0 Å². The lowest BCUT2D eigenvalue weighted by atomic mass is 9.92. The highest BCUT2D eigenvalue weighted by Crippen LogP contribution is 2.29. The van der Waals surface area contributed by atoms with Gasteiger partial charge in [0.25, 0.3) is 0 Å². The summed E-state index contributed by atoms with van der Waals surface area (Å²) in [5, 5.41) is 0. The van der Waals surface area contributed by atoms with E-state index in [2.05, 4.69) is 0 Å². The van der Waals surface area contributed by atoms with Crippen molar-refractivity contribution in [2.24, 2.45) is 11.7 Å². The number of hydrogen-bond acceptors (Lipinski definition) is 4. The summed E-state index contributed by atoms with van der Waals surface area (Å²) in [7, 11) is 1.72. The number of amides is 1. The van der Waals surface area contributed by atoms with E-state index in [1.807, 2.05) is 29.2 Å². The van der Waals surface area contributed by atoms with E-state index >= 15 is 0 Å². The molecule has 3 unspecified atom stereocenters. The van der Waals surface area contributed by atoms with Crippen LogP contribution in [-0.2, 0) is 16.0 Å². The highest BCUT2D eigenvalue weighted by molar-refractivity contribution is 5.85. The molecule has 1 amide bonds. The molecule has 0 spiro atoms. The van der Waals surface area contributed by atoms with Gasteiger partial charge in [-0.05, 0) is 30.9 Å². The highest BCUT2D eigenvalue weighted by atomic mass is 35.5. The molecule has 0 saturated carbocycles. The van der Waals surface area contributed by atoms with Crippen LogP contribution in [0.5, 0.6) is 5.75 Å². The van der Waals surface area contributed by atoms with E-state index in [0.717, 1.165) is 37.1 Å². The molecule has 1 aromatic rings. The van der Waals surface area contributed by atoms with Crippen molar-refractivity contribution in [3.63, 3.8) is 0 Å². The molecule has 2 N–H and O–H groups in total. The van der Waals surface area contributed by atoms with E-state index in [0.29, 0.717) is 13.2 Å². The molecule has 1 fully saturated rings. The van der Waals surface area contributed by atoms with Crippen LogP contribution in [0.2, 0.25) is 0 Å². The monoisotopic (exact) mass is 340 g/mol. The maximum Gasteiger partial charge on any atom is 0.229 e. The lowest BCUT2D eigenvalue weighted by Gasteiger charge is -2.40. The molecule has 1 aromatic carbocycles. The fraction of sp³-hybridized carbons (Fsp3) is 0.588. The Morgan fingerprint density at radius 3 is 2.96 bits per heavy atom. The first-order valence-corrected chi connectivity index (χ1v) is 7.97. The predicted molar refractivity (Wildman–Crippen MR) is 91.0 cm³/mol. The summed E-state index contributed by atoms with van der Waals surface area (Å²) in [4.78, 5) is 14.8. The first-order valence-electron chi connectivity index (χ1n) is 7.97. The minimum absolute atomic E-state index is 0. The summed E-state index contributed by atoms with van der Waals surface area (Å²) >= 11 is 0. The fourth-order valence-electron chi connectivity index (χ4n) is 3.46. The number of rotatable bonds is 3. The SMILES string of the molecule is COC1CCN(C(=O)C2COc3ccccc3C2)C(CN)C1.Cl. The number of fused-ring (bicyclic) bond motifs is 1. The first kappa shape index (κ1) is 18.0. The van der Waals surface area contributed by atoms with Crippen LogP contribution in [-0.4, -0.2) is 49.8 Å². The third-order valence-electron chi connectivity index (χ3n) is 4.78. The number of nitrogens with zero attached hydrogens (tertiary/aromatic N) is 1. The zero-order valence-corrected chi connectivity index (χ0v) is 14.3. The minimum Gasteiger partial charge on any atom is -0.492 e. The fourth-order valence-corrected chi connectivity index (χ4v) is 3.46. The first-order chi connectivity index (χ1) is 10.7. The summed E-state index contributed by atoms with van der Waals surface area (Å²) in [5.74, 6) is 0.961. The molecule has 0 aliphatic carbocycles. The Kier molecular flexibility index (Phi) is 6.27. The Morgan fingerprint density at radius 2 is 2.22 bits per heavy atom. The molecule has 3 rings (SSSR count). The molecule has 128 valence electrons. The number of carbonyl (C=O) groups is 1. The van der Waals surface area contributed by atoms with E-state index in [9.17, 15) is 4.79 Å². The Labute approximate surface area is 143 Å². The van der Waals surface area contributed by atoms with Gasteiger partial charge in [0.05, 0.1) is 12.0 Å². The zero-order valence-electron chi connectivity index (χ0n) is 13.4. The zero-order chi connectivity index (χ0) is 15.5. The number of likely N-dealkylation sites (tertiary alicyclic amines) is 1. The van der Waals surface area contributed by atoms with Gasteiger partial charge in [0.2, 0.25) is 5.91 Å². The van der Waals surface area contributed by atoms with Crippen LogP contribution in [0.1, 0.15) is 18.4 Å². The number of methoxy groups -OCH3 is 1. The maximum absolute atomic E-state index is 12.9. The average molecular weight is 341 g/mol. The minimum atomic E-state index is -0.108. The van der Waals surface area contributed by atoms with Crippen molar-refractivity contribution in [3.05, 3.63) is 29.8 Å². The highest BCUT2D eigenvalue weighted by Gasteiger charge is 2.36. The van der Waals surface area contributed by atoms with Gasteiger partial charge in [0.15, 0.2) is 0 Å². The van der Waals surface area contributed by atoms with Gasteiger partial charge in [-0.15, -0.1) is 12.4 Å². The van der Waals surface area contributed by atoms with Crippen LogP contribution >= 0.6 is 12.4 Å². The number of ether oxygens (including phenoxy) is 2. The summed E-state index contributed by atoms with van der Waals surface area (Å²) in [6.07, 6.45) is 2.66. The van der Waals surface area contributed by atoms with Gasteiger partial charge in [0.1, 0.15) is 12.4 Å². The molecule has 6 heteroatoms. The van der Waals surface area contributed by atoms with E-state index in [4.69, 9.17) is 15.2 Å². The predicted octanol–water partition coefficient (Wildman–Crippen LogP) is 1.62. The molecule has 5 nitrogen and oxygen atoms in total. The Balaban J connectivity index is 0.00000192. The smallest absolute Gasteiger partial charge is 0.229 e. The van der Waals surface area contributed by atoms with E-state index in [1.165, 1.54) is 0 Å². The third-order valence-corrected chi connectivity index (χ3v) is 4.78. The standard InChI is InChI=1S/C17H24N2O3.ClH/c1-21-15-6-7-19(14(9-15)10-18)17(20)13-8-12-4-2-3-5-16(12)22-11-13;/h2-5,13-15H,6-11,18H2,1H3;1H. The van der Waals surface area contributed by atoms with Crippen LogP contribution in [0.4, 0.5) is 0 Å². The van der Waals surface area contributed by atoms with Crippen LogP contribution in [0.25, 0.3) is 0 Å². The lowest BCUT2D eigenvalue weighted by molar-refractivity contribution is -0.142. The van der Waals surface area contributed by atoms with Crippen molar-refractivity contribution in [3.8, 4) is 5.75 Å². The molecule has 2 heterocycles. The normalized spacial score (nSPS) is 26.7. The summed E-state index contributed by atoms with van der Waals surface area (Å²) < 4.78 is 11.2. The van der Waals surface area contributed by atoms with Crippen LogP contribution in [0.15, 0.2) is 24.3 Å². The molecule has 3 atom stereocenters. The van der Waals surface area contributed by atoms with Gasteiger partial charge in [-0.1, -0.05) is 18.2 Å². The van der Waals surface area contributed by atoms with Crippen molar-refractivity contribution in [1.29, 1.82) is 0 Å². The van der Waals surface area contributed by atoms with Crippen molar-refractivity contribution in [1.82, 2.24) is 4.90 Å². The molecular weight excluding hydrogens is 316 g/mol. The second kappa shape index (κ2) is 7.99. The van der Waals surface area contributed by atoms with Gasteiger partial charge in [-0.25, -0.2) is 0 Å². The second-order valence-corrected chi connectivity index (χ2v) is 6.12. The average Bonchev–Trinajstić information content (AvgIpc) is 2.60. The Hall–Kier alpha value is -1.30. The molecule has 0 radical (unpaired) electrons. The molecule has 23 heavy (non-hydrogen) atoms. The number of hydrogen-bond donors (Lipinski definition) is 1. The number of nitrogens with two attached hydrogens (primary N) is 1. The largest absolute Gasteiger partial charge is 0.492 e. The summed E-state index contributed by atoms with van der Waals surface area (Å²) in [5.41, 5.74) is 6.99. The Bertz CT molecular complexity index is 540. The number of piperidine rings is 1. The molecule has 1 saturated heterocycles. The van der Waals surface area contributed by atoms with Gasteiger partial charge < -0.3 is 20.1 Å². The topological polar surface area (TPSA) is 64.8 Å². The third kappa shape index (κ3) is 3.79. The van der Waals surface area contributed by atoms with Crippen LogP contribution in [0.3, 0.4) is 0 Å². The molecule has 0 bridgehead atoms. The van der Waals surface area contributed by atoms with Gasteiger partial charge in [-0.3, -0.25) is 4.79 Å². The van der Waals surface area contributed by atoms with Crippen LogP contribution in [0, 0.1) is 5.92 Å². The van der Waals surface area contributed by atoms with E-state index in [-0.39, 0.29) is 36.4 Å². The molecule has 2 aliphatic rings. The van der Waals surface area contributed by atoms with Crippen molar-refractivity contribution >= 4 is 18.3 Å². The second-order valence-electron chi connectivity index (χ2n) is 6.12. The van der Waals surface area contributed by atoms with Crippen molar-refractivity contribution in [2.75, 3.05) is 26.8 Å². The van der Waals surface area contributed by atoms with E-state index in [1.54, 1.807) is 7.11 Å². The Morgan fingerprint density at radius 1 is 1.43 bits per heavy atom. The number of para-hydroxylation sites is 1. The van der Waals surface area contributed by atoms with E-state index < -0.39 is 0 Å². The van der Waals surface area contributed by atoms with Gasteiger partial charge in [-0.2, -0.15) is 0 Å². The number of halogens is 1. The summed E-state index contributed by atoms with van der Waals surface area (Å²) in [6, 6.07) is 8.01. The quantitative estimate of drug-likeness (QED) is 0.908. The van der Waals surface area contributed by atoms with Crippen molar-refractivity contribution in [2.45, 2.75) is 31.4 Å². The lowest BCUT2D eigenvalue weighted by Crippen LogP contribution is -2.54. The summed E-state index contributed by atoms with van der Waals surface area (Å²) in [6.45, 7) is 1.66.